The van der Waals surface area contributed by atoms with Crippen molar-refractivity contribution in [3.63, 3.8) is 0 Å². The summed E-state index contributed by atoms with van der Waals surface area (Å²) in [4.78, 5) is 11.8. The van der Waals surface area contributed by atoms with Gasteiger partial charge in [-0.1, -0.05) is 18.2 Å². The maximum atomic E-state index is 10.6. The highest BCUT2D eigenvalue weighted by Crippen LogP contribution is 2.30. The monoisotopic (exact) mass is 346 g/mol. The molecular weight excluding hydrogens is 324 g/mol. The number of carboxylic acids is 1. The molecule has 0 aliphatic carbocycles. The Bertz CT molecular complexity index is 671. The minimum atomic E-state index is -0.969. The summed E-state index contributed by atoms with van der Waals surface area (Å²) in [5.74, 6) is 1.52. The third kappa shape index (κ3) is 5.81. The van der Waals surface area contributed by atoms with Gasteiger partial charge in [-0.3, -0.25) is 0 Å². The topological polar surface area (TPSA) is 55.8 Å². The van der Waals surface area contributed by atoms with Crippen LogP contribution in [-0.2, 0) is 4.79 Å². The molecular formula is C19H22O4S. The Kier molecular flexibility index (Phi) is 7.00. The van der Waals surface area contributed by atoms with Crippen LogP contribution in [0.25, 0.3) is 0 Å². The third-order valence-electron chi connectivity index (χ3n) is 3.38. The van der Waals surface area contributed by atoms with Crippen LogP contribution in [0.5, 0.6) is 11.5 Å². The molecule has 0 aliphatic rings. The van der Waals surface area contributed by atoms with Crippen molar-refractivity contribution in [1.82, 2.24) is 0 Å². The van der Waals surface area contributed by atoms with Crippen LogP contribution < -0.4 is 9.47 Å². The van der Waals surface area contributed by atoms with E-state index in [1.54, 1.807) is 11.8 Å². The van der Waals surface area contributed by atoms with Crippen LogP contribution in [0.1, 0.15) is 17.5 Å². The maximum Gasteiger partial charge on any atom is 0.341 e. The van der Waals surface area contributed by atoms with Crippen molar-refractivity contribution in [1.29, 1.82) is 0 Å². The fourth-order valence-electron chi connectivity index (χ4n) is 2.16. The molecule has 0 unspecified atom stereocenters. The SMILES string of the molecule is Cc1cc(SCCCOc2ccccc2)c(C)cc1OCC(=O)O. The molecule has 0 aromatic heterocycles. The molecule has 5 heteroatoms. The van der Waals surface area contributed by atoms with Crippen LogP contribution in [0, 0.1) is 13.8 Å². The summed E-state index contributed by atoms with van der Waals surface area (Å²) in [6, 6.07) is 13.8. The third-order valence-corrected chi connectivity index (χ3v) is 4.63. The summed E-state index contributed by atoms with van der Waals surface area (Å²) >= 11 is 1.78. The molecule has 0 spiro atoms. The lowest BCUT2D eigenvalue weighted by atomic mass is 10.1. The van der Waals surface area contributed by atoms with E-state index in [1.165, 1.54) is 4.90 Å². The van der Waals surface area contributed by atoms with E-state index in [0.717, 1.165) is 29.1 Å². The second kappa shape index (κ2) is 9.23. The number of para-hydroxylation sites is 1. The molecule has 0 fully saturated rings. The van der Waals surface area contributed by atoms with E-state index in [1.807, 2.05) is 50.2 Å². The average Bonchev–Trinajstić information content (AvgIpc) is 2.56. The van der Waals surface area contributed by atoms with E-state index in [9.17, 15) is 4.79 Å². The van der Waals surface area contributed by atoms with Crippen molar-refractivity contribution in [2.75, 3.05) is 19.0 Å². The maximum absolute atomic E-state index is 10.6. The number of carboxylic acid groups (broad SMARTS) is 1. The van der Waals surface area contributed by atoms with Crippen molar-refractivity contribution in [2.45, 2.75) is 25.2 Å². The molecule has 2 aromatic rings. The highest BCUT2D eigenvalue weighted by molar-refractivity contribution is 7.99. The standard InChI is InChI=1S/C19H22O4S/c1-14-12-18(15(2)11-17(14)23-13-19(20)21)24-10-6-9-22-16-7-4-3-5-8-16/h3-5,7-8,11-12H,6,9-10,13H2,1-2H3,(H,20,21). The van der Waals surface area contributed by atoms with Gasteiger partial charge in [-0.05, 0) is 55.7 Å². The van der Waals surface area contributed by atoms with Gasteiger partial charge in [0.15, 0.2) is 6.61 Å². The van der Waals surface area contributed by atoms with Crippen LogP contribution >= 0.6 is 11.8 Å². The first-order valence-electron chi connectivity index (χ1n) is 7.83. The van der Waals surface area contributed by atoms with Crippen LogP contribution in [0.2, 0.25) is 0 Å². The van der Waals surface area contributed by atoms with Gasteiger partial charge in [-0.15, -0.1) is 11.8 Å². The molecule has 0 bridgehead atoms. The lowest BCUT2D eigenvalue weighted by Crippen LogP contribution is -2.10. The van der Waals surface area contributed by atoms with Gasteiger partial charge in [0, 0.05) is 10.6 Å². The molecule has 4 nitrogen and oxygen atoms in total. The number of benzene rings is 2. The van der Waals surface area contributed by atoms with E-state index in [0.29, 0.717) is 12.4 Å². The number of hydrogen-bond acceptors (Lipinski definition) is 4. The predicted octanol–water partition coefficient (Wildman–Crippen LogP) is 4.33. The number of aliphatic carboxylic acids is 1. The Morgan fingerprint density at radius 3 is 2.54 bits per heavy atom. The number of thioether (sulfide) groups is 1. The molecule has 128 valence electrons. The summed E-state index contributed by atoms with van der Waals surface area (Å²) < 4.78 is 11.0. The molecule has 2 rings (SSSR count). The minimum absolute atomic E-state index is 0.316. The van der Waals surface area contributed by atoms with E-state index in [2.05, 4.69) is 6.07 Å². The highest BCUT2D eigenvalue weighted by Gasteiger charge is 2.08. The smallest absolute Gasteiger partial charge is 0.341 e. The van der Waals surface area contributed by atoms with Crippen molar-refractivity contribution in [3.05, 3.63) is 53.6 Å². The molecule has 2 aromatic carbocycles. The van der Waals surface area contributed by atoms with Gasteiger partial charge >= 0.3 is 5.97 Å². The summed E-state index contributed by atoms with van der Waals surface area (Å²) in [6.07, 6.45) is 0.954. The second-order valence-corrected chi connectivity index (χ2v) is 6.57. The second-order valence-electron chi connectivity index (χ2n) is 5.43. The lowest BCUT2D eigenvalue weighted by molar-refractivity contribution is -0.139. The van der Waals surface area contributed by atoms with E-state index in [-0.39, 0.29) is 6.61 Å². The fraction of sp³-hybridized carbons (Fsp3) is 0.316. The van der Waals surface area contributed by atoms with Gasteiger partial charge in [-0.25, -0.2) is 4.79 Å². The summed E-state index contributed by atoms with van der Waals surface area (Å²) in [6.45, 7) is 4.31. The predicted molar refractivity (Wildman–Crippen MR) is 96.3 cm³/mol. The number of ether oxygens (including phenoxy) is 2. The Labute approximate surface area is 146 Å². The van der Waals surface area contributed by atoms with Gasteiger partial charge in [0.05, 0.1) is 6.61 Å². The van der Waals surface area contributed by atoms with E-state index in [4.69, 9.17) is 14.6 Å². The molecule has 0 amide bonds. The lowest BCUT2D eigenvalue weighted by Gasteiger charge is -2.12. The van der Waals surface area contributed by atoms with E-state index >= 15 is 0 Å². The van der Waals surface area contributed by atoms with Crippen LogP contribution in [0.4, 0.5) is 0 Å². The van der Waals surface area contributed by atoms with Crippen molar-refractivity contribution in [2.24, 2.45) is 0 Å². The molecule has 1 N–H and O–H groups in total. The Morgan fingerprint density at radius 2 is 1.83 bits per heavy atom. The first kappa shape index (κ1) is 18.2. The Morgan fingerprint density at radius 1 is 1.08 bits per heavy atom. The minimum Gasteiger partial charge on any atom is -0.494 e. The van der Waals surface area contributed by atoms with Crippen molar-refractivity contribution < 1.29 is 19.4 Å². The van der Waals surface area contributed by atoms with Crippen molar-refractivity contribution in [3.8, 4) is 11.5 Å². The molecule has 0 heterocycles. The number of rotatable bonds is 9. The first-order chi connectivity index (χ1) is 11.6. The molecule has 0 saturated heterocycles. The molecule has 24 heavy (non-hydrogen) atoms. The van der Waals surface area contributed by atoms with Gasteiger partial charge in [0.1, 0.15) is 11.5 Å². The normalized spacial score (nSPS) is 10.4. The largest absolute Gasteiger partial charge is 0.494 e. The quantitative estimate of drug-likeness (QED) is 0.541. The number of hydrogen-bond donors (Lipinski definition) is 1. The van der Waals surface area contributed by atoms with Crippen LogP contribution in [0.15, 0.2) is 47.4 Å². The molecule has 0 radical (unpaired) electrons. The van der Waals surface area contributed by atoms with E-state index < -0.39 is 5.97 Å². The molecule has 0 saturated carbocycles. The zero-order valence-corrected chi connectivity index (χ0v) is 14.8. The summed E-state index contributed by atoms with van der Waals surface area (Å²) in [5, 5.41) is 8.70. The first-order valence-corrected chi connectivity index (χ1v) is 8.81. The Balaban J connectivity index is 1.80. The van der Waals surface area contributed by atoms with Crippen molar-refractivity contribution >= 4 is 17.7 Å². The summed E-state index contributed by atoms with van der Waals surface area (Å²) in [7, 11) is 0. The fourth-order valence-corrected chi connectivity index (χ4v) is 3.19. The van der Waals surface area contributed by atoms with Gasteiger partial charge in [-0.2, -0.15) is 0 Å². The zero-order chi connectivity index (χ0) is 17.4. The van der Waals surface area contributed by atoms with Crippen LogP contribution in [-0.4, -0.2) is 30.0 Å². The van der Waals surface area contributed by atoms with Crippen LogP contribution in [0.3, 0.4) is 0 Å². The summed E-state index contributed by atoms with van der Waals surface area (Å²) in [5.41, 5.74) is 2.04. The van der Waals surface area contributed by atoms with Gasteiger partial charge in [0.25, 0.3) is 0 Å². The zero-order valence-electron chi connectivity index (χ0n) is 14.0. The van der Waals surface area contributed by atoms with Gasteiger partial charge < -0.3 is 14.6 Å². The number of aryl methyl sites for hydroxylation is 2. The molecule has 0 atom stereocenters. The Hall–Kier alpha value is -2.14. The molecule has 0 aliphatic heterocycles. The van der Waals surface area contributed by atoms with Gasteiger partial charge in [0.2, 0.25) is 0 Å². The number of carbonyl (C=O) groups is 1. The average molecular weight is 346 g/mol. The highest BCUT2D eigenvalue weighted by atomic mass is 32.2.